The molecule has 1 aliphatic rings. The third kappa shape index (κ3) is 2.26. The maximum absolute atomic E-state index is 2.35. The van der Waals surface area contributed by atoms with E-state index in [4.69, 9.17) is 0 Å². The van der Waals surface area contributed by atoms with Crippen LogP contribution in [0, 0.1) is 20.8 Å². The minimum atomic E-state index is 0.231. The molecule has 1 aliphatic heterocycles. The van der Waals surface area contributed by atoms with Gasteiger partial charge in [0.25, 0.3) is 0 Å². The van der Waals surface area contributed by atoms with Crippen LogP contribution in [-0.4, -0.2) is 11.8 Å². The third-order valence-corrected chi connectivity index (χ3v) is 6.23. The summed E-state index contributed by atoms with van der Waals surface area (Å²) in [5, 5.41) is 1.72. The maximum atomic E-state index is 2.35. The molecule has 0 nitrogen and oxygen atoms in total. The molecule has 0 aliphatic carbocycles. The Hall–Kier alpha value is -0.350. The summed E-state index contributed by atoms with van der Waals surface area (Å²) < 4.78 is 0. The van der Waals surface area contributed by atoms with Gasteiger partial charge in [-0.15, -0.1) is 0 Å². The molecule has 82 valence electrons. The van der Waals surface area contributed by atoms with Crippen molar-refractivity contribution in [2.45, 2.75) is 46.2 Å². The van der Waals surface area contributed by atoms with E-state index in [2.05, 4.69) is 39.8 Å². The first-order chi connectivity index (χ1) is 7.13. The molecule has 1 aromatic carbocycles. The van der Waals surface area contributed by atoms with Crippen molar-refractivity contribution in [3.05, 3.63) is 28.8 Å². The van der Waals surface area contributed by atoms with E-state index >= 15 is 0 Å². The Labute approximate surface area is 94.8 Å². The molecule has 0 aromatic heterocycles. The van der Waals surface area contributed by atoms with Crippen LogP contribution in [0.2, 0.25) is 0 Å². The Balaban J connectivity index is 2.23. The summed E-state index contributed by atoms with van der Waals surface area (Å²) in [6.07, 6.45) is 4.29. The summed E-state index contributed by atoms with van der Waals surface area (Å²) in [5.41, 5.74) is 5.54. The minimum absolute atomic E-state index is 0.231. The Morgan fingerprint density at radius 3 is 2.33 bits per heavy atom. The van der Waals surface area contributed by atoms with Crippen LogP contribution in [0.1, 0.15) is 36.5 Å². The van der Waals surface area contributed by atoms with Gasteiger partial charge in [-0.3, -0.25) is 0 Å². The quantitative estimate of drug-likeness (QED) is 0.678. The molecule has 1 heteroatoms. The normalized spacial score (nSPS) is 24.3. The van der Waals surface area contributed by atoms with Crippen molar-refractivity contribution < 1.29 is 0 Å². The summed E-state index contributed by atoms with van der Waals surface area (Å²) >= 11 is 0. The van der Waals surface area contributed by atoms with Crippen LogP contribution in [0.15, 0.2) is 12.1 Å². The van der Waals surface area contributed by atoms with E-state index in [1.807, 2.05) is 0 Å². The lowest BCUT2D eigenvalue weighted by Gasteiger charge is -2.11. The average molecular weight is 220 g/mol. The van der Waals surface area contributed by atoms with Gasteiger partial charge in [-0.25, -0.2) is 0 Å². The zero-order valence-electron chi connectivity index (χ0n) is 10.3. The number of hydrogen-bond acceptors (Lipinski definition) is 0. The average Bonchev–Trinajstić information content (AvgIpc) is 2.82. The molecular formula is C14H21P. The van der Waals surface area contributed by atoms with Crippen molar-refractivity contribution >= 4 is 13.2 Å². The number of aryl methyl sites for hydroxylation is 3. The van der Waals surface area contributed by atoms with E-state index in [0.29, 0.717) is 0 Å². The lowest BCUT2D eigenvalue weighted by molar-refractivity contribution is 0.829. The van der Waals surface area contributed by atoms with Crippen LogP contribution in [0.4, 0.5) is 0 Å². The van der Waals surface area contributed by atoms with Gasteiger partial charge in [0.1, 0.15) is 0 Å². The van der Waals surface area contributed by atoms with Crippen molar-refractivity contribution in [1.29, 1.82) is 0 Å². The van der Waals surface area contributed by atoms with Crippen LogP contribution in [0.5, 0.6) is 0 Å². The fraction of sp³-hybridized carbons (Fsp3) is 0.571. The SMILES string of the molecule is CCC[C@H]1C[P@@]1c1c(C)cc(C)cc1C. The smallest absolute Gasteiger partial charge is 0.0126 e. The van der Waals surface area contributed by atoms with Gasteiger partial charge in [0.05, 0.1) is 0 Å². The predicted octanol–water partition coefficient (Wildman–Crippen LogP) is 3.90. The fourth-order valence-corrected chi connectivity index (χ4v) is 5.60. The van der Waals surface area contributed by atoms with Crippen molar-refractivity contribution in [1.82, 2.24) is 0 Å². The van der Waals surface area contributed by atoms with Gasteiger partial charge < -0.3 is 0 Å². The van der Waals surface area contributed by atoms with Crippen molar-refractivity contribution in [3.8, 4) is 0 Å². The van der Waals surface area contributed by atoms with E-state index in [-0.39, 0.29) is 7.92 Å². The second-order valence-electron chi connectivity index (χ2n) is 4.84. The monoisotopic (exact) mass is 220 g/mol. The van der Waals surface area contributed by atoms with Crippen molar-refractivity contribution in [2.24, 2.45) is 0 Å². The lowest BCUT2D eigenvalue weighted by Crippen LogP contribution is -2.06. The summed E-state index contributed by atoms with van der Waals surface area (Å²) in [5.74, 6) is 0. The van der Waals surface area contributed by atoms with E-state index in [0.717, 1.165) is 5.66 Å². The minimum Gasteiger partial charge on any atom is -0.0706 e. The Kier molecular flexibility index (Phi) is 3.16. The first kappa shape index (κ1) is 11.1. The number of hydrogen-bond donors (Lipinski definition) is 0. The van der Waals surface area contributed by atoms with E-state index in [9.17, 15) is 0 Å². The molecule has 0 spiro atoms. The Morgan fingerprint density at radius 1 is 1.20 bits per heavy atom. The van der Waals surface area contributed by atoms with Crippen LogP contribution >= 0.6 is 7.92 Å². The van der Waals surface area contributed by atoms with Gasteiger partial charge >= 0.3 is 0 Å². The van der Waals surface area contributed by atoms with Crippen molar-refractivity contribution in [3.63, 3.8) is 0 Å². The van der Waals surface area contributed by atoms with Crippen LogP contribution in [0.3, 0.4) is 0 Å². The largest absolute Gasteiger partial charge is 0.0706 e. The van der Waals surface area contributed by atoms with Gasteiger partial charge in [-0.05, 0) is 55.4 Å². The number of benzene rings is 1. The van der Waals surface area contributed by atoms with Crippen LogP contribution in [-0.2, 0) is 0 Å². The highest BCUT2D eigenvalue weighted by Gasteiger charge is 2.38. The molecule has 0 radical (unpaired) electrons. The Morgan fingerprint density at radius 2 is 1.80 bits per heavy atom. The summed E-state index contributed by atoms with van der Waals surface area (Å²) in [6, 6.07) is 4.71. The highest BCUT2D eigenvalue weighted by molar-refractivity contribution is 7.73. The molecule has 1 saturated heterocycles. The van der Waals surface area contributed by atoms with E-state index < -0.39 is 0 Å². The molecule has 0 saturated carbocycles. The summed E-state index contributed by atoms with van der Waals surface area (Å²) in [6.45, 7) is 9.09. The third-order valence-electron chi connectivity index (χ3n) is 3.26. The molecule has 0 amide bonds. The second kappa shape index (κ2) is 4.26. The molecule has 0 unspecified atom stereocenters. The molecule has 1 fully saturated rings. The topological polar surface area (TPSA) is 0 Å². The zero-order valence-corrected chi connectivity index (χ0v) is 11.2. The molecule has 2 atom stereocenters. The summed E-state index contributed by atoms with van der Waals surface area (Å²) in [4.78, 5) is 0. The second-order valence-corrected chi connectivity index (χ2v) is 7.32. The summed E-state index contributed by atoms with van der Waals surface area (Å²) in [7, 11) is 0.231. The molecular weight excluding hydrogens is 199 g/mol. The lowest BCUT2D eigenvalue weighted by atomic mass is 10.1. The Bertz CT molecular complexity index is 345. The van der Waals surface area contributed by atoms with Gasteiger partial charge in [0.2, 0.25) is 0 Å². The van der Waals surface area contributed by atoms with Crippen LogP contribution in [0.25, 0.3) is 0 Å². The molecule has 0 bridgehead atoms. The molecule has 1 aromatic rings. The first-order valence-corrected chi connectivity index (χ1v) is 7.57. The maximum Gasteiger partial charge on any atom is -0.0126 e. The highest BCUT2D eigenvalue weighted by atomic mass is 31.1. The fourth-order valence-electron chi connectivity index (χ4n) is 2.66. The standard InChI is InChI=1S/C14H21P/c1-5-6-13-9-15(13)14-11(3)7-10(2)8-12(14)4/h7-8,13H,5-6,9H2,1-4H3/t13-,15+/m0/s1. The van der Waals surface area contributed by atoms with Gasteiger partial charge in [0, 0.05) is 0 Å². The van der Waals surface area contributed by atoms with Crippen molar-refractivity contribution in [2.75, 3.05) is 6.16 Å². The molecule has 15 heavy (non-hydrogen) atoms. The van der Waals surface area contributed by atoms with E-state index in [1.165, 1.54) is 35.7 Å². The van der Waals surface area contributed by atoms with Crippen LogP contribution < -0.4 is 5.30 Å². The zero-order chi connectivity index (χ0) is 11.0. The highest BCUT2D eigenvalue weighted by Crippen LogP contribution is 2.60. The first-order valence-electron chi connectivity index (χ1n) is 5.98. The number of rotatable bonds is 3. The molecule has 0 N–H and O–H groups in total. The van der Waals surface area contributed by atoms with Gasteiger partial charge in [-0.2, -0.15) is 0 Å². The van der Waals surface area contributed by atoms with Gasteiger partial charge in [0.15, 0.2) is 0 Å². The predicted molar refractivity (Wildman–Crippen MR) is 70.8 cm³/mol. The molecule has 2 rings (SSSR count). The molecule has 1 heterocycles. The van der Waals surface area contributed by atoms with E-state index in [1.54, 1.807) is 5.30 Å². The van der Waals surface area contributed by atoms with Gasteiger partial charge in [-0.1, -0.05) is 39.0 Å².